The van der Waals surface area contributed by atoms with E-state index in [9.17, 15) is 18.0 Å². The Kier molecular flexibility index (Phi) is 10.9. The number of hydrogen-bond donors (Lipinski definition) is 1. The normalized spacial score (nSPS) is 12.3. The SMILES string of the molecule is COc1ccc(S(=O)(=O)N(CC(=O)N(Cc2cccc(Br)c2)[C@@H](C)C(=O)NC(C)(C)C)c2ccc(Cl)cc2)cc1OC. The van der Waals surface area contributed by atoms with Crippen LogP contribution in [-0.2, 0) is 26.2 Å². The highest BCUT2D eigenvalue weighted by Gasteiger charge is 2.34. The van der Waals surface area contributed by atoms with Crippen molar-refractivity contribution < 1.29 is 27.5 Å². The second-order valence-electron chi connectivity index (χ2n) is 10.6. The third kappa shape index (κ3) is 8.39. The number of sulfonamides is 1. The zero-order valence-corrected chi connectivity index (χ0v) is 27.5. The molecule has 0 bridgehead atoms. The highest BCUT2D eigenvalue weighted by Crippen LogP contribution is 2.33. The highest BCUT2D eigenvalue weighted by atomic mass is 79.9. The van der Waals surface area contributed by atoms with Gasteiger partial charge in [0, 0.05) is 27.6 Å². The van der Waals surface area contributed by atoms with E-state index in [1.54, 1.807) is 6.92 Å². The van der Waals surface area contributed by atoms with E-state index in [1.807, 2.05) is 45.0 Å². The molecular formula is C30H35BrClN3O6S. The van der Waals surface area contributed by atoms with E-state index < -0.39 is 34.1 Å². The van der Waals surface area contributed by atoms with Gasteiger partial charge in [-0.05, 0) is 81.8 Å². The molecule has 12 heteroatoms. The molecule has 0 aromatic heterocycles. The molecule has 2 amide bonds. The van der Waals surface area contributed by atoms with Gasteiger partial charge in [0.1, 0.15) is 12.6 Å². The predicted octanol–water partition coefficient (Wildman–Crippen LogP) is 5.65. The standard InChI is InChI=1S/C30H35BrClN3O6S/c1-20(29(37)33-30(2,3)4)34(18-21-8-7-9-22(31)16-21)28(36)19-35(24-12-10-23(32)11-13-24)42(38,39)25-14-15-26(40-5)27(17-25)41-6/h7-17,20H,18-19H2,1-6H3,(H,33,37)/t20-/m0/s1. The van der Waals surface area contributed by atoms with Crippen LogP contribution in [0.25, 0.3) is 0 Å². The first-order valence-electron chi connectivity index (χ1n) is 13.0. The van der Waals surface area contributed by atoms with Crippen molar-refractivity contribution in [2.24, 2.45) is 0 Å². The minimum Gasteiger partial charge on any atom is -0.493 e. The zero-order chi connectivity index (χ0) is 31.2. The molecule has 226 valence electrons. The summed E-state index contributed by atoms with van der Waals surface area (Å²) < 4.78 is 40.5. The summed E-state index contributed by atoms with van der Waals surface area (Å²) in [6.07, 6.45) is 0. The van der Waals surface area contributed by atoms with E-state index in [1.165, 1.54) is 61.6 Å². The second kappa shape index (κ2) is 13.8. The third-order valence-corrected chi connectivity index (χ3v) is 8.76. The maximum atomic E-state index is 14.1. The number of amides is 2. The fourth-order valence-corrected chi connectivity index (χ4v) is 6.13. The summed E-state index contributed by atoms with van der Waals surface area (Å²) in [5.41, 5.74) is 0.438. The Morgan fingerprint density at radius 2 is 1.62 bits per heavy atom. The number of halogens is 2. The van der Waals surface area contributed by atoms with E-state index in [-0.39, 0.29) is 28.8 Å². The van der Waals surface area contributed by atoms with Gasteiger partial charge in [0.2, 0.25) is 11.8 Å². The zero-order valence-electron chi connectivity index (χ0n) is 24.4. The van der Waals surface area contributed by atoms with E-state index in [4.69, 9.17) is 21.1 Å². The molecule has 42 heavy (non-hydrogen) atoms. The number of hydrogen-bond acceptors (Lipinski definition) is 6. The lowest BCUT2D eigenvalue weighted by atomic mass is 10.1. The monoisotopic (exact) mass is 679 g/mol. The summed E-state index contributed by atoms with van der Waals surface area (Å²) >= 11 is 9.53. The van der Waals surface area contributed by atoms with Gasteiger partial charge >= 0.3 is 0 Å². The quantitative estimate of drug-likeness (QED) is 0.281. The number of anilines is 1. The van der Waals surface area contributed by atoms with Crippen LogP contribution in [0.1, 0.15) is 33.3 Å². The van der Waals surface area contributed by atoms with E-state index in [2.05, 4.69) is 21.2 Å². The smallest absolute Gasteiger partial charge is 0.264 e. The predicted molar refractivity (Wildman–Crippen MR) is 168 cm³/mol. The lowest BCUT2D eigenvalue weighted by Gasteiger charge is -2.33. The number of nitrogens with one attached hydrogen (secondary N) is 1. The first-order valence-corrected chi connectivity index (χ1v) is 15.6. The van der Waals surface area contributed by atoms with Crippen molar-refractivity contribution in [2.45, 2.75) is 50.7 Å². The van der Waals surface area contributed by atoms with E-state index >= 15 is 0 Å². The molecule has 1 atom stereocenters. The highest BCUT2D eigenvalue weighted by molar-refractivity contribution is 9.10. The number of benzene rings is 3. The van der Waals surface area contributed by atoms with Crippen LogP contribution in [0.15, 0.2) is 76.1 Å². The average molecular weight is 681 g/mol. The Hall–Kier alpha value is -3.28. The Morgan fingerprint density at radius 1 is 0.976 bits per heavy atom. The molecule has 0 radical (unpaired) electrons. The number of methoxy groups -OCH3 is 2. The number of carbonyl (C=O) groups is 2. The van der Waals surface area contributed by atoms with Crippen LogP contribution >= 0.6 is 27.5 Å². The molecule has 0 spiro atoms. The van der Waals surface area contributed by atoms with Gasteiger partial charge in [0.05, 0.1) is 24.8 Å². The van der Waals surface area contributed by atoms with Gasteiger partial charge in [-0.25, -0.2) is 8.42 Å². The van der Waals surface area contributed by atoms with Gasteiger partial charge in [-0.15, -0.1) is 0 Å². The first kappa shape index (κ1) is 33.2. The topological polar surface area (TPSA) is 105 Å². The van der Waals surface area contributed by atoms with Crippen molar-refractivity contribution >= 4 is 55.1 Å². The fraction of sp³-hybridized carbons (Fsp3) is 0.333. The molecule has 3 aromatic carbocycles. The van der Waals surface area contributed by atoms with Crippen LogP contribution in [0.5, 0.6) is 11.5 Å². The number of ether oxygens (including phenoxy) is 2. The molecule has 3 rings (SSSR count). The van der Waals surface area contributed by atoms with Gasteiger partial charge < -0.3 is 19.7 Å². The van der Waals surface area contributed by atoms with Crippen molar-refractivity contribution in [3.63, 3.8) is 0 Å². The number of carbonyl (C=O) groups excluding carboxylic acids is 2. The van der Waals surface area contributed by atoms with Crippen LogP contribution < -0.4 is 19.1 Å². The second-order valence-corrected chi connectivity index (χ2v) is 13.8. The van der Waals surface area contributed by atoms with Crippen molar-refractivity contribution in [1.29, 1.82) is 0 Å². The molecule has 0 unspecified atom stereocenters. The number of nitrogens with zero attached hydrogens (tertiary/aromatic N) is 2. The minimum atomic E-state index is -4.31. The number of rotatable bonds is 11. The van der Waals surface area contributed by atoms with E-state index in [0.29, 0.717) is 10.8 Å². The Bertz CT molecular complexity index is 1530. The Labute approximate surface area is 260 Å². The molecule has 0 saturated carbocycles. The molecule has 0 heterocycles. The largest absolute Gasteiger partial charge is 0.493 e. The molecule has 1 N–H and O–H groups in total. The fourth-order valence-electron chi connectivity index (χ4n) is 4.13. The van der Waals surface area contributed by atoms with Crippen LogP contribution in [-0.4, -0.2) is 57.5 Å². The van der Waals surface area contributed by atoms with Crippen LogP contribution in [0.3, 0.4) is 0 Å². The van der Waals surface area contributed by atoms with Crippen molar-refractivity contribution in [3.05, 3.63) is 81.8 Å². The lowest BCUT2D eigenvalue weighted by Crippen LogP contribution is -2.54. The van der Waals surface area contributed by atoms with Crippen molar-refractivity contribution in [3.8, 4) is 11.5 Å². The molecule has 3 aromatic rings. The lowest BCUT2D eigenvalue weighted by molar-refractivity contribution is -0.140. The van der Waals surface area contributed by atoms with Gasteiger partial charge in [0.15, 0.2) is 11.5 Å². The van der Waals surface area contributed by atoms with Gasteiger partial charge in [-0.3, -0.25) is 13.9 Å². The molecule has 9 nitrogen and oxygen atoms in total. The maximum Gasteiger partial charge on any atom is 0.264 e. The minimum absolute atomic E-state index is 0.0713. The molecular weight excluding hydrogens is 646 g/mol. The van der Waals surface area contributed by atoms with Crippen LogP contribution in [0.2, 0.25) is 5.02 Å². The molecule has 0 saturated heterocycles. The molecule has 0 aliphatic carbocycles. The Balaban J connectivity index is 2.08. The molecule has 0 aliphatic rings. The average Bonchev–Trinajstić information content (AvgIpc) is 2.93. The summed E-state index contributed by atoms with van der Waals surface area (Å²) in [6.45, 7) is 6.63. The van der Waals surface area contributed by atoms with Crippen molar-refractivity contribution in [1.82, 2.24) is 10.2 Å². The van der Waals surface area contributed by atoms with E-state index in [0.717, 1.165) is 14.3 Å². The first-order chi connectivity index (χ1) is 19.7. The maximum absolute atomic E-state index is 14.1. The summed E-state index contributed by atoms with van der Waals surface area (Å²) in [7, 11) is -1.46. The van der Waals surface area contributed by atoms with Crippen LogP contribution in [0, 0.1) is 0 Å². The summed E-state index contributed by atoms with van der Waals surface area (Å²) in [6, 6.07) is 16.7. The van der Waals surface area contributed by atoms with Gasteiger partial charge in [-0.1, -0.05) is 39.7 Å². The van der Waals surface area contributed by atoms with Gasteiger partial charge in [0.25, 0.3) is 10.0 Å². The van der Waals surface area contributed by atoms with Gasteiger partial charge in [-0.2, -0.15) is 0 Å². The molecule has 0 fully saturated rings. The summed E-state index contributed by atoms with van der Waals surface area (Å²) in [5, 5.41) is 3.31. The third-order valence-electron chi connectivity index (χ3n) is 6.24. The Morgan fingerprint density at radius 3 is 2.19 bits per heavy atom. The molecule has 0 aliphatic heterocycles. The summed E-state index contributed by atoms with van der Waals surface area (Å²) in [5.74, 6) is -0.383. The van der Waals surface area contributed by atoms with Crippen LogP contribution in [0.4, 0.5) is 5.69 Å². The summed E-state index contributed by atoms with van der Waals surface area (Å²) in [4.78, 5) is 28.5. The van der Waals surface area contributed by atoms with Crippen molar-refractivity contribution in [2.75, 3.05) is 25.1 Å².